The van der Waals surface area contributed by atoms with Crippen LogP contribution in [0.2, 0.25) is 0 Å². The molecule has 0 atom stereocenters. The van der Waals surface area contributed by atoms with Crippen LogP contribution < -0.4 is 0 Å². The lowest BCUT2D eigenvalue weighted by atomic mass is 9.63. The second-order valence-electron chi connectivity index (χ2n) is 5.03. The molecule has 2 aliphatic rings. The van der Waals surface area contributed by atoms with E-state index in [4.69, 9.17) is 4.42 Å². The number of rotatable bonds is 2. The summed E-state index contributed by atoms with van der Waals surface area (Å²) in [5.74, 6) is 1.21. The second kappa shape index (κ2) is 3.12. The second-order valence-corrected chi connectivity index (χ2v) is 5.03. The fraction of sp³-hybridized carbons (Fsp3) is 0.615. The van der Waals surface area contributed by atoms with Gasteiger partial charge in [-0.05, 0) is 38.2 Å². The molecule has 3 rings (SSSR count). The van der Waals surface area contributed by atoms with Gasteiger partial charge >= 0.3 is 5.97 Å². The molecule has 0 aromatic carbocycles. The van der Waals surface area contributed by atoms with Gasteiger partial charge in [0, 0.05) is 12.0 Å². The molecule has 2 aliphatic carbocycles. The van der Waals surface area contributed by atoms with Crippen LogP contribution in [0.1, 0.15) is 48.3 Å². The summed E-state index contributed by atoms with van der Waals surface area (Å²) in [6, 6.07) is 0. The number of fused-ring (bicyclic) bond motifs is 1. The third-order valence-corrected chi connectivity index (χ3v) is 4.19. The molecule has 3 nitrogen and oxygen atoms in total. The minimum absolute atomic E-state index is 0.620. The minimum atomic E-state index is -0.669. The number of furan rings is 1. The molecule has 1 saturated carbocycles. The maximum Gasteiger partial charge on any atom is 0.314 e. The zero-order valence-corrected chi connectivity index (χ0v) is 9.51. The molecule has 3 heteroatoms. The van der Waals surface area contributed by atoms with Crippen molar-refractivity contribution in [3.63, 3.8) is 0 Å². The maximum absolute atomic E-state index is 11.5. The van der Waals surface area contributed by atoms with Gasteiger partial charge in [-0.1, -0.05) is 6.42 Å². The Morgan fingerprint density at radius 2 is 2.06 bits per heavy atom. The third-order valence-electron chi connectivity index (χ3n) is 4.19. The predicted octanol–water partition coefficient (Wildman–Crippen LogP) is 2.58. The van der Waals surface area contributed by atoms with Gasteiger partial charge in [0.15, 0.2) is 0 Å². The van der Waals surface area contributed by atoms with Gasteiger partial charge in [-0.15, -0.1) is 0 Å². The van der Waals surface area contributed by atoms with Crippen molar-refractivity contribution in [2.24, 2.45) is 0 Å². The zero-order valence-electron chi connectivity index (χ0n) is 9.51. The quantitative estimate of drug-likeness (QED) is 0.833. The molecule has 0 saturated heterocycles. The Labute approximate surface area is 94.5 Å². The van der Waals surface area contributed by atoms with Gasteiger partial charge in [-0.2, -0.15) is 0 Å². The van der Waals surface area contributed by atoms with E-state index in [0.717, 1.165) is 55.6 Å². The summed E-state index contributed by atoms with van der Waals surface area (Å²) in [5.41, 5.74) is 1.60. The number of carbonyl (C=O) groups is 1. The van der Waals surface area contributed by atoms with Crippen LogP contribution in [0.25, 0.3) is 0 Å². The number of hydrogen-bond acceptors (Lipinski definition) is 2. The van der Waals surface area contributed by atoms with Crippen LogP contribution in [0.4, 0.5) is 0 Å². The Kier molecular flexibility index (Phi) is 1.94. The van der Waals surface area contributed by atoms with Crippen LogP contribution in [0, 0.1) is 6.92 Å². The average Bonchev–Trinajstić information content (AvgIpc) is 2.66. The number of aryl methyl sites for hydroxylation is 2. The normalized spacial score (nSPS) is 21.6. The van der Waals surface area contributed by atoms with Gasteiger partial charge in [0.25, 0.3) is 0 Å². The van der Waals surface area contributed by atoms with Crippen molar-refractivity contribution >= 4 is 5.97 Å². The highest BCUT2D eigenvalue weighted by Crippen LogP contribution is 2.49. The van der Waals surface area contributed by atoms with E-state index in [2.05, 4.69) is 0 Å². The first kappa shape index (κ1) is 9.94. The van der Waals surface area contributed by atoms with Crippen LogP contribution in [0.3, 0.4) is 0 Å². The Morgan fingerprint density at radius 3 is 2.62 bits per heavy atom. The molecule has 86 valence electrons. The van der Waals surface area contributed by atoms with E-state index >= 15 is 0 Å². The lowest BCUT2D eigenvalue weighted by molar-refractivity contribution is -0.147. The Balaban J connectivity index is 2.15. The van der Waals surface area contributed by atoms with Crippen molar-refractivity contribution in [1.82, 2.24) is 0 Å². The largest absolute Gasteiger partial charge is 0.481 e. The van der Waals surface area contributed by atoms with Crippen LogP contribution in [0.5, 0.6) is 0 Å². The summed E-state index contributed by atoms with van der Waals surface area (Å²) in [6.07, 6.45) is 5.65. The molecule has 0 unspecified atom stereocenters. The highest BCUT2D eigenvalue weighted by atomic mass is 16.4. The van der Waals surface area contributed by atoms with Crippen molar-refractivity contribution in [2.45, 2.75) is 50.9 Å². The summed E-state index contributed by atoms with van der Waals surface area (Å²) in [6.45, 7) is 1.91. The molecule has 16 heavy (non-hydrogen) atoms. The zero-order chi connectivity index (χ0) is 11.3. The molecule has 0 aliphatic heterocycles. The van der Waals surface area contributed by atoms with Gasteiger partial charge in [-0.25, -0.2) is 0 Å². The van der Waals surface area contributed by atoms with Gasteiger partial charge in [0.1, 0.15) is 11.5 Å². The number of hydrogen-bond donors (Lipinski definition) is 1. The molecule has 0 bridgehead atoms. The smallest absolute Gasteiger partial charge is 0.314 e. The molecule has 1 fully saturated rings. The molecular weight excluding hydrogens is 204 g/mol. The summed E-state index contributed by atoms with van der Waals surface area (Å²) in [4.78, 5) is 11.5. The van der Waals surface area contributed by atoms with Gasteiger partial charge in [0.05, 0.1) is 5.41 Å². The molecule has 1 heterocycles. The molecule has 0 amide bonds. The fourth-order valence-electron chi connectivity index (χ4n) is 3.27. The van der Waals surface area contributed by atoms with Gasteiger partial charge in [-0.3, -0.25) is 4.79 Å². The van der Waals surface area contributed by atoms with Crippen LogP contribution in [-0.2, 0) is 23.1 Å². The van der Waals surface area contributed by atoms with Crippen molar-refractivity contribution < 1.29 is 14.3 Å². The van der Waals surface area contributed by atoms with Crippen LogP contribution >= 0.6 is 0 Å². The first-order valence-electron chi connectivity index (χ1n) is 6.00. The Morgan fingerprint density at radius 1 is 1.31 bits per heavy atom. The standard InChI is InChI=1S/C13H16O3/c1-8-11(9-4-2-5-10(9)16-8)13(12(14)15)6-3-7-13/h2-7H2,1H3,(H,14,15). The molecule has 1 aromatic rings. The summed E-state index contributed by atoms with van der Waals surface area (Å²) < 4.78 is 5.73. The van der Waals surface area contributed by atoms with Crippen molar-refractivity contribution in [3.8, 4) is 0 Å². The van der Waals surface area contributed by atoms with Gasteiger partial charge in [0.2, 0.25) is 0 Å². The SMILES string of the molecule is Cc1oc2c(c1C1(C(=O)O)CCC1)CCC2. The number of carboxylic acid groups (broad SMARTS) is 1. The number of aliphatic carboxylic acids is 1. The lowest BCUT2D eigenvalue weighted by Gasteiger charge is -2.38. The first-order valence-corrected chi connectivity index (χ1v) is 6.00. The topological polar surface area (TPSA) is 50.4 Å². The highest BCUT2D eigenvalue weighted by molar-refractivity contribution is 5.83. The molecule has 1 aromatic heterocycles. The average molecular weight is 220 g/mol. The van der Waals surface area contributed by atoms with Crippen LogP contribution in [0.15, 0.2) is 4.42 Å². The van der Waals surface area contributed by atoms with Gasteiger partial charge < -0.3 is 9.52 Å². The van der Waals surface area contributed by atoms with Crippen molar-refractivity contribution in [2.75, 3.05) is 0 Å². The Bertz CT molecular complexity index is 452. The first-order chi connectivity index (χ1) is 7.65. The highest BCUT2D eigenvalue weighted by Gasteiger charge is 2.50. The fourth-order valence-corrected chi connectivity index (χ4v) is 3.27. The predicted molar refractivity (Wildman–Crippen MR) is 58.6 cm³/mol. The van der Waals surface area contributed by atoms with E-state index in [-0.39, 0.29) is 0 Å². The van der Waals surface area contributed by atoms with Crippen LogP contribution in [-0.4, -0.2) is 11.1 Å². The van der Waals surface area contributed by atoms with E-state index < -0.39 is 11.4 Å². The summed E-state index contributed by atoms with van der Waals surface area (Å²) in [7, 11) is 0. The van der Waals surface area contributed by atoms with Crippen molar-refractivity contribution in [3.05, 3.63) is 22.6 Å². The maximum atomic E-state index is 11.5. The lowest BCUT2D eigenvalue weighted by Crippen LogP contribution is -2.43. The molecule has 0 radical (unpaired) electrons. The third kappa shape index (κ3) is 1.06. The van der Waals surface area contributed by atoms with Crippen molar-refractivity contribution in [1.29, 1.82) is 0 Å². The van der Waals surface area contributed by atoms with E-state index in [1.807, 2.05) is 6.92 Å². The Hall–Kier alpha value is -1.25. The summed E-state index contributed by atoms with van der Waals surface area (Å²) >= 11 is 0. The molecular formula is C13H16O3. The minimum Gasteiger partial charge on any atom is -0.481 e. The number of carboxylic acids is 1. The monoisotopic (exact) mass is 220 g/mol. The van der Waals surface area contributed by atoms with E-state index in [1.165, 1.54) is 5.56 Å². The van der Waals surface area contributed by atoms with E-state index in [9.17, 15) is 9.90 Å². The molecule has 1 N–H and O–H groups in total. The summed E-state index contributed by atoms with van der Waals surface area (Å²) in [5, 5.41) is 9.47. The van der Waals surface area contributed by atoms with E-state index in [1.54, 1.807) is 0 Å². The van der Waals surface area contributed by atoms with E-state index in [0.29, 0.717) is 0 Å². The molecule has 0 spiro atoms.